The summed E-state index contributed by atoms with van der Waals surface area (Å²) in [4.78, 5) is 47.6. The molecule has 0 aromatic heterocycles. The molecular formula is C57H76F24O20S4-4. The summed E-state index contributed by atoms with van der Waals surface area (Å²) in [5, 5.41) is 0. The van der Waals surface area contributed by atoms with Crippen LogP contribution in [-0.2, 0) is 78.6 Å². The van der Waals surface area contributed by atoms with Gasteiger partial charge in [-0.2, -0.15) is 105 Å². The molecule has 3 saturated carbocycles. The van der Waals surface area contributed by atoms with Gasteiger partial charge in [-0.3, -0.25) is 14.4 Å². The third-order valence-electron chi connectivity index (χ3n) is 16.2. The molecule has 3 fully saturated rings. The molecule has 0 unspecified atom stereocenters. The molecule has 3 rings (SSSR count). The Morgan fingerprint density at radius 1 is 0.286 bits per heavy atom. The van der Waals surface area contributed by atoms with Gasteiger partial charge in [-0.25, -0.2) is 38.5 Å². The van der Waals surface area contributed by atoms with Gasteiger partial charge in [0.2, 0.25) is 0 Å². The van der Waals surface area contributed by atoms with Gasteiger partial charge in [0, 0.05) is 12.3 Å². The van der Waals surface area contributed by atoms with E-state index in [0.717, 1.165) is 77.0 Å². The van der Waals surface area contributed by atoms with Crippen molar-refractivity contribution >= 4 is 64.3 Å². The molecule has 0 amide bonds. The first-order valence-electron chi connectivity index (χ1n) is 31.9. The van der Waals surface area contributed by atoms with Crippen LogP contribution in [0.15, 0.2) is 0 Å². The smallest absolute Gasteiger partial charge is 0.438 e. The Hall–Kier alpha value is -4.60. The number of rotatable bonds is 15. The highest BCUT2D eigenvalue weighted by Crippen LogP contribution is 2.52. The third kappa shape index (κ3) is 34.1. The van der Waals surface area contributed by atoms with Crippen LogP contribution in [0, 0.1) is 29.6 Å². The van der Waals surface area contributed by atoms with Crippen LogP contribution in [0.25, 0.3) is 0 Å². The summed E-state index contributed by atoms with van der Waals surface area (Å²) >= 11 is 0. The van der Waals surface area contributed by atoms with Crippen molar-refractivity contribution in [2.45, 2.75) is 278 Å². The highest BCUT2D eigenvalue weighted by atomic mass is 32.2. The van der Waals surface area contributed by atoms with Crippen LogP contribution < -0.4 is 0 Å². The summed E-state index contributed by atoms with van der Waals surface area (Å²) in [7, 11) is -24.1. The number of hydrogen-bond acceptors (Lipinski definition) is 20. The maximum atomic E-state index is 13.3. The molecule has 0 radical (unpaired) electrons. The van der Waals surface area contributed by atoms with Gasteiger partial charge in [0.05, 0.1) is 81.2 Å². The normalized spacial score (nSPS) is 18.4. The van der Waals surface area contributed by atoms with E-state index in [1.165, 1.54) is 12.8 Å². The molecule has 0 bridgehead atoms. The molecule has 0 atom stereocenters. The Balaban J connectivity index is 0.00000138. The lowest BCUT2D eigenvalue weighted by atomic mass is 9.92. The van der Waals surface area contributed by atoms with E-state index in [-0.39, 0.29) is 44.9 Å². The van der Waals surface area contributed by atoms with Gasteiger partial charge >= 0.3 is 95.7 Å². The van der Waals surface area contributed by atoms with E-state index in [1.54, 1.807) is 0 Å². The Kier molecular flexibility index (Phi) is 39.1. The fraction of sp³-hybridized carbons (Fsp3) is 0.895. The fourth-order valence-electron chi connectivity index (χ4n) is 10.7. The maximum Gasteiger partial charge on any atom is 0.438 e. The maximum absolute atomic E-state index is 13.3. The first-order chi connectivity index (χ1) is 47.2. The van der Waals surface area contributed by atoms with Crippen LogP contribution in [-0.4, -0.2) is 171 Å². The predicted octanol–water partition coefficient (Wildman–Crippen LogP) is 14.8. The van der Waals surface area contributed by atoms with Crippen LogP contribution >= 0.6 is 0 Å². The van der Waals surface area contributed by atoms with Crippen LogP contribution in [0.1, 0.15) is 206 Å². The van der Waals surface area contributed by atoms with Crippen molar-refractivity contribution in [1.82, 2.24) is 0 Å². The Morgan fingerprint density at radius 3 is 0.562 bits per heavy atom. The SMILES string of the molecule is CCC#CC(=O)OC(CS(=O)(=O)[O-])(C(F)(F)F)C(F)(F)F.O=C(OC(CS(=O)(=O)[O-])(C(F)(F)F)C(F)(F)F)C1CCCCCCCCC1.O=C(OC(CS(=O)(=O)[O-])(C(F)(F)F)C(F)(F)F)C1CCCCCCCCCC1.O=C(OC(CS(=O)(=O)[O-])(C(F)(F)F)C(F)(F)F)C1CCCCCCCCCCC1. The van der Waals surface area contributed by atoms with Crippen molar-refractivity contribution in [3.63, 3.8) is 0 Å². The van der Waals surface area contributed by atoms with Gasteiger partial charge in [-0.1, -0.05) is 167 Å². The van der Waals surface area contributed by atoms with Gasteiger partial charge in [0.1, 0.15) is 0 Å². The molecule has 48 heteroatoms. The molecule has 105 heavy (non-hydrogen) atoms. The summed E-state index contributed by atoms with van der Waals surface area (Å²) in [6.45, 7) is 1.34. The molecule has 0 spiro atoms. The number of carbonyl (C=O) groups excluding carboxylic acids is 4. The second-order valence-corrected chi connectivity index (χ2v) is 30.3. The van der Waals surface area contributed by atoms with E-state index in [4.69, 9.17) is 0 Å². The number of hydrogen-bond donors (Lipinski definition) is 0. The second-order valence-electron chi connectivity index (χ2n) is 24.7. The quantitative estimate of drug-likeness (QED) is 0.0367. The minimum absolute atomic E-state index is 0.0365. The lowest BCUT2D eigenvalue weighted by molar-refractivity contribution is -0.362. The Labute approximate surface area is 588 Å². The van der Waals surface area contributed by atoms with Crippen LogP contribution in [0.4, 0.5) is 105 Å². The minimum Gasteiger partial charge on any atom is -0.748 e. The first-order valence-corrected chi connectivity index (χ1v) is 38.2. The van der Waals surface area contributed by atoms with Gasteiger partial charge in [0.25, 0.3) is 0 Å². The standard InChI is InChI=1S/C17H26F6O5S.C16H24F6O5S.C15H22F6O5S.C9H8F6O5S/c18-16(19,20)15(17(21,22)23,12-29(25,26)27)28-14(24)13-10-8-6-4-2-1-3-5-7-9-11-13;17-15(18,19)14(16(20,21)22,11-28(24,25)26)27-13(23)12-9-7-5-3-1-2-4-6-8-10-12;16-14(17,18)13(15(19,20)21,10-27(23,24)25)26-12(22)11-8-6-4-2-1-3-5-7-9-11;1-2-3-4-6(16)20-7(8(10,11)12,9(13,14)15)5-21(17,18)19/h13H,1-12H2,(H,25,26,27);12H,1-11H2,(H,24,25,26);11H,1-10H2,(H,23,24,25);2,5H2,1H3,(H,17,18,19)/p-4. The van der Waals surface area contributed by atoms with Crippen molar-refractivity contribution in [2.75, 3.05) is 23.0 Å². The molecule has 0 aromatic rings. The van der Waals surface area contributed by atoms with E-state index in [0.29, 0.717) is 77.0 Å². The molecule has 0 saturated heterocycles. The van der Waals surface area contributed by atoms with E-state index < -0.39 is 177 Å². The van der Waals surface area contributed by atoms with Crippen molar-refractivity contribution < 1.29 is 195 Å². The molecule has 20 nitrogen and oxygen atoms in total. The second kappa shape index (κ2) is 40.9. The highest BCUT2D eigenvalue weighted by Gasteiger charge is 2.78. The number of esters is 4. The lowest BCUT2D eigenvalue weighted by Gasteiger charge is -2.37. The van der Waals surface area contributed by atoms with Crippen LogP contribution in [0.3, 0.4) is 0 Å². The van der Waals surface area contributed by atoms with Crippen molar-refractivity contribution in [3.8, 4) is 11.8 Å². The fourth-order valence-corrected chi connectivity index (χ4v) is 14.2. The zero-order valence-electron chi connectivity index (χ0n) is 55.3. The zero-order chi connectivity index (χ0) is 82.0. The van der Waals surface area contributed by atoms with E-state index in [1.807, 2.05) is 5.92 Å². The predicted molar refractivity (Wildman–Crippen MR) is 309 cm³/mol. The Morgan fingerprint density at radius 2 is 0.429 bits per heavy atom. The summed E-state index contributed by atoms with van der Waals surface area (Å²) in [6, 6.07) is 0. The average molecular weight is 1670 g/mol. The van der Waals surface area contributed by atoms with Crippen molar-refractivity contribution in [2.24, 2.45) is 17.8 Å². The number of ether oxygens (including phenoxy) is 4. The molecule has 3 aliphatic carbocycles. The lowest BCUT2D eigenvalue weighted by Crippen LogP contribution is -2.63. The summed E-state index contributed by atoms with van der Waals surface area (Å²) < 4.78 is 457. The first kappa shape index (κ1) is 100. The highest BCUT2D eigenvalue weighted by molar-refractivity contribution is 7.86. The third-order valence-corrected chi connectivity index (χ3v) is 19.2. The zero-order valence-corrected chi connectivity index (χ0v) is 58.6. The molecule has 620 valence electrons. The van der Waals surface area contributed by atoms with Gasteiger partial charge in [0.15, 0.2) is 0 Å². The summed E-state index contributed by atoms with van der Waals surface area (Å²) in [5.74, 6) is -20.0. The topological polar surface area (TPSA) is 334 Å². The molecule has 0 N–H and O–H groups in total. The van der Waals surface area contributed by atoms with Crippen LogP contribution in [0.2, 0.25) is 0 Å². The Bertz CT molecular complexity index is 3150. The number of carbonyl (C=O) groups is 4. The largest absolute Gasteiger partial charge is 0.748 e. The monoisotopic (exact) mass is 1660 g/mol. The van der Waals surface area contributed by atoms with Gasteiger partial charge < -0.3 is 37.2 Å². The molecule has 3 aliphatic rings. The number of alkyl halides is 24. The number of halogens is 24. The van der Waals surface area contributed by atoms with E-state index in [9.17, 15) is 176 Å². The van der Waals surface area contributed by atoms with Crippen molar-refractivity contribution in [3.05, 3.63) is 0 Å². The average Bonchev–Trinajstić information content (AvgIpc) is 0.773. The molecular weight excluding hydrogens is 1590 g/mol. The summed E-state index contributed by atoms with van der Waals surface area (Å²) in [6.07, 6.45) is -33.2. The molecule has 0 aliphatic heterocycles. The minimum atomic E-state index is -6.38. The van der Waals surface area contributed by atoms with Gasteiger partial charge in [-0.15, -0.1) is 0 Å². The van der Waals surface area contributed by atoms with Crippen molar-refractivity contribution in [1.29, 1.82) is 0 Å². The molecule has 0 aromatic carbocycles. The van der Waals surface area contributed by atoms with Crippen LogP contribution in [0.5, 0.6) is 0 Å². The van der Waals surface area contributed by atoms with E-state index in [2.05, 4.69) is 18.9 Å². The summed E-state index contributed by atoms with van der Waals surface area (Å²) in [5.41, 5.74) is -21.6. The molecule has 0 heterocycles. The van der Waals surface area contributed by atoms with E-state index >= 15 is 0 Å². The van der Waals surface area contributed by atoms with Gasteiger partial charge in [-0.05, 0) is 38.5 Å².